The third kappa shape index (κ3) is 3.04. The number of aryl methyl sites for hydroxylation is 1. The van der Waals surface area contributed by atoms with Crippen LogP contribution in [0, 0.1) is 17.1 Å². The summed E-state index contributed by atoms with van der Waals surface area (Å²) in [6.07, 6.45) is 0.557. The van der Waals surface area contributed by atoms with Crippen LogP contribution < -0.4 is 15.3 Å². The van der Waals surface area contributed by atoms with Gasteiger partial charge in [0.2, 0.25) is 0 Å². The van der Waals surface area contributed by atoms with Crippen molar-refractivity contribution >= 4 is 11.7 Å². The number of hydrogen-bond acceptors (Lipinski definition) is 8. The highest BCUT2D eigenvalue weighted by Gasteiger charge is 2.29. The van der Waals surface area contributed by atoms with E-state index in [0.717, 1.165) is 11.1 Å². The summed E-state index contributed by atoms with van der Waals surface area (Å²) in [6.45, 7) is 1.63. The lowest BCUT2D eigenvalue weighted by Gasteiger charge is -2.22. The zero-order valence-corrected chi connectivity index (χ0v) is 16.3. The highest BCUT2D eigenvalue weighted by molar-refractivity contribution is 5.95. The third-order valence-corrected chi connectivity index (χ3v) is 4.62. The second kappa shape index (κ2) is 7.00. The summed E-state index contributed by atoms with van der Waals surface area (Å²) < 4.78 is 21.1. The van der Waals surface area contributed by atoms with Crippen molar-refractivity contribution in [1.82, 2.24) is 24.8 Å². The summed E-state index contributed by atoms with van der Waals surface area (Å²) in [5.74, 6) is -1.17. The van der Waals surface area contributed by atoms with Gasteiger partial charge in [-0.05, 0) is 25.1 Å². The van der Waals surface area contributed by atoms with Crippen LogP contribution in [0.2, 0.25) is 0 Å². The second-order valence-corrected chi connectivity index (χ2v) is 6.60. The third-order valence-electron chi connectivity index (χ3n) is 4.62. The lowest BCUT2D eigenvalue weighted by Crippen LogP contribution is -2.32. The Morgan fingerprint density at radius 3 is 2.80 bits per heavy atom. The Hall–Kier alpha value is -4.20. The topological polar surface area (TPSA) is 132 Å². The number of ether oxygens (including phenoxy) is 1. The molecule has 152 valence electrons. The molecule has 0 fully saturated rings. The van der Waals surface area contributed by atoms with Crippen LogP contribution in [0.25, 0.3) is 11.3 Å². The minimum atomic E-state index is -0.789. The van der Waals surface area contributed by atoms with E-state index in [1.807, 2.05) is 6.07 Å². The smallest absolute Gasteiger partial charge is 0.286 e. The van der Waals surface area contributed by atoms with Gasteiger partial charge in [-0.3, -0.25) is 9.48 Å². The van der Waals surface area contributed by atoms with Crippen molar-refractivity contribution in [2.75, 3.05) is 12.8 Å². The first-order chi connectivity index (χ1) is 14.3. The highest BCUT2D eigenvalue weighted by Crippen LogP contribution is 2.35. The molecule has 0 saturated carbocycles. The van der Waals surface area contributed by atoms with Gasteiger partial charge >= 0.3 is 0 Å². The molecule has 30 heavy (non-hydrogen) atoms. The first-order valence-electron chi connectivity index (χ1n) is 8.82. The lowest BCUT2D eigenvalue weighted by atomic mass is 10.0. The number of benzene rings is 1. The summed E-state index contributed by atoms with van der Waals surface area (Å²) in [5.41, 5.74) is 6.93. The maximum Gasteiger partial charge on any atom is 0.286 e. The van der Waals surface area contributed by atoms with Crippen LogP contribution in [0.5, 0.6) is 11.8 Å². The van der Waals surface area contributed by atoms with Crippen LogP contribution in [0.1, 0.15) is 34.6 Å². The molecular weight excluding hydrogens is 393 g/mol. The molecule has 1 amide bonds. The van der Waals surface area contributed by atoms with Gasteiger partial charge in [0.1, 0.15) is 29.2 Å². The van der Waals surface area contributed by atoms with E-state index in [1.54, 1.807) is 14.0 Å². The van der Waals surface area contributed by atoms with E-state index in [-0.39, 0.29) is 45.7 Å². The van der Waals surface area contributed by atoms with Gasteiger partial charge in [0.05, 0.1) is 6.20 Å². The SMILES string of the molecule is C[C@H]1Oc2nc(cnc2N)-c2c(nn(C)c2C#N)ON(C)C(=O)c2ccc(F)cc21. The summed E-state index contributed by atoms with van der Waals surface area (Å²) >= 11 is 0. The van der Waals surface area contributed by atoms with Gasteiger partial charge in [0.25, 0.3) is 17.7 Å². The number of nitriles is 1. The second-order valence-electron chi connectivity index (χ2n) is 6.60. The molecule has 2 bridgehead atoms. The zero-order valence-electron chi connectivity index (χ0n) is 16.3. The van der Waals surface area contributed by atoms with Gasteiger partial charge in [-0.1, -0.05) is 0 Å². The van der Waals surface area contributed by atoms with E-state index < -0.39 is 17.8 Å². The summed E-state index contributed by atoms with van der Waals surface area (Å²) in [6, 6.07) is 5.73. The average molecular weight is 409 g/mol. The quantitative estimate of drug-likeness (QED) is 0.596. The number of fused-ring (bicyclic) bond motifs is 5. The number of hydrogen-bond donors (Lipinski definition) is 1. The summed E-state index contributed by atoms with van der Waals surface area (Å²) in [5, 5.41) is 14.7. The molecule has 2 N–H and O–H groups in total. The average Bonchev–Trinajstić information content (AvgIpc) is 3.03. The Bertz CT molecular complexity index is 1220. The lowest BCUT2D eigenvalue weighted by molar-refractivity contribution is -0.0174. The number of rotatable bonds is 0. The molecule has 4 rings (SSSR count). The van der Waals surface area contributed by atoms with Crippen molar-refractivity contribution in [1.29, 1.82) is 5.26 Å². The predicted molar refractivity (Wildman–Crippen MR) is 102 cm³/mol. The number of anilines is 1. The fourth-order valence-corrected chi connectivity index (χ4v) is 3.15. The van der Waals surface area contributed by atoms with Gasteiger partial charge in [-0.2, -0.15) is 10.3 Å². The molecule has 0 unspecified atom stereocenters. The van der Waals surface area contributed by atoms with Crippen molar-refractivity contribution < 1.29 is 18.8 Å². The molecular formula is C19H16FN7O3. The van der Waals surface area contributed by atoms with E-state index in [2.05, 4.69) is 15.1 Å². The number of nitrogens with two attached hydrogens (primary N) is 1. The number of aromatic nitrogens is 4. The molecule has 3 heterocycles. The Balaban J connectivity index is 1.98. The van der Waals surface area contributed by atoms with Crippen LogP contribution >= 0.6 is 0 Å². The summed E-state index contributed by atoms with van der Waals surface area (Å²) in [4.78, 5) is 27.1. The largest absolute Gasteiger partial charge is 0.467 e. The number of hydroxylamine groups is 2. The number of nitrogen functional groups attached to an aromatic ring is 1. The monoisotopic (exact) mass is 409 g/mol. The number of halogens is 1. The first-order valence-corrected chi connectivity index (χ1v) is 8.82. The number of carbonyl (C=O) groups excluding carboxylic acids is 1. The molecule has 0 spiro atoms. The normalized spacial score (nSPS) is 15.6. The van der Waals surface area contributed by atoms with Crippen molar-refractivity contribution in [2.24, 2.45) is 7.05 Å². The Morgan fingerprint density at radius 1 is 1.30 bits per heavy atom. The molecule has 0 saturated heterocycles. The van der Waals surface area contributed by atoms with Crippen LogP contribution in [-0.4, -0.2) is 37.8 Å². The fraction of sp³-hybridized carbons (Fsp3) is 0.211. The van der Waals surface area contributed by atoms with Crippen molar-refractivity contribution in [3.8, 4) is 29.1 Å². The molecule has 3 aromatic rings. The van der Waals surface area contributed by atoms with E-state index in [9.17, 15) is 14.4 Å². The van der Waals surface area contributed by atoms with E-state index >= 15 is 0 Å². The maximum absolute atomic E-state index is 13.9. The van der Waals surface area contributed by atoms with Crippen LogP contribution in [0.15, 0.2) is 24.4 Å². The molecule has 0 radical (unpaired) electrons. The van der Waals surface area contributed by atoms with Crippen LogP contribution in [0.4, 0.5) is 10.2 Å². The van der Waals surface area contributed by atoms with Crippen LogP contribution in [-0.2, 0) is 7.05 Å². The Kier molecular flexibility index (Phi) is 4.46. The molecule has 0 aliphatic carbocycles. The number of nitrogens with zero attached hydrogens (tertiary/aromatic N) is 6. The standard InChI is InChI=1S/C19H16FN7O3/c1-9-12-6-10(20)4-5-11(12)19(28)27(3)30-17-15(14(7-21)26(2)25-17)13-8-23-16(22)18(24-13)29-9/h4-6,8-9H,1-3H3,(H2,22,23)/t9-/m1/s1. The van der Waals surface area contributed by atoms with E-state index in [0.29, 0.717) is 0 Å². The minimum Gasteiger partial charge on any atom is -0.467 e. The molecule has 10 nitrogen and oxygen atoms in total. The van der Waals surface area contributed by atoms with Gasteiger partial charge in [0, 0.05) is 25.2 Å². The Morgan fingerprint density at radius 2 is 2.07 bits per heavy atom. The molecule has 11 heteroatoms. The first kappa shape index (κ1) is 19.1. The van der Waals surface area contributed by atoms with Crippen molar-refractivity contribution in [2.45, 2.75) is 13.0 Å². The van der Waals surface area contributed by atoms with Gasteiger partial charge in [-0.25, -0.2) is 14.4 Å². The van der Waals surface area contributed by atoms with Gasteiger partial charge in [0.15, 0.2) is 11.5 Å². The highest BCUT2D eigenvalue weighted by atomic mass is 19.1. The minimum absolute atomic E-state index is 0.00563. The van der Waals surface area contributed by atoms with Gasteiger partial charge in [-0.15, -0.1) is 5.10 Å². The number of carbonyl (C=O) groups is 1. The molecule has 1 aliphatic rings. The molecule has 1 aromatic carbocycles. The maximum atomic E-state index is 13.9. The van der Waals surface area contributed by atoms with E-state index in [1.165, 1.54) is 30.1 Å². The van der Waals surface area contributed by atoms with Gasteiger partial charge < -0.3 is 15.3 Å². The Labute approximate surface area is 170 Å². The predicted octanol–water partition coefficient (Wildman–Crippen LogP) is 1.99. The summed E-state index contributed by atoms with van der Waals surface area (Å²) in [7, 11) is 2.94. The molecule has 1 atom stereocenters. The zero-order chi connectivity index (χ0) is 21.6. The van der Waals surface area contributed by atoms with Crippen LogP contribution in [0.3, 0.4) is 0 Å². The van der Waals surface area contributed by atoms with E-state index in [4.69, 9.17) is 15.3 Å². The van der Waals surface area contributed by atoms with Crippen molar-refractivity contribution in [3.05, 3.63) is 47.0 Å². The molecule has 1 aliphatic heterocycles. The fourth-order valence-electron chi connectivity index (χ4n) is 3.15. The van der Waals surface area contributed by atoms with Crippen molar-refractivity contribution in [3.63, 3.8) is 0 Å². The molecule has 2 aromatic heterocycles. The number of amides is 1.